The quantitative estimate of drug-likeness (QED) is 0.0564. The number of amides is 5. The number of hydrogen-bond donors (Lipinski definition) is 4. The Morgan fingerprint density at radius 1 is 0.909 bits per heavy atom. The van der Waals surface area contributed by atoms with Gasteiger partial charge in [0.2, 0.25) is 33.7 Å². The standard InChI is InChI=1S/C46H78N8O11S/c1-13-31(4)41(53(10)45(61)40(30(2)3)49-46(51(6)7)52(8)9)36(64-11)29-38(56)54-26-18-22-35(54)42(65-12)32(5)43(59)48-34(28-33-20-15-14-16-21-33)44(60)50-66(62,63)27-19-25-47-37(55)23-17-24-39(57)58/h14-16,20-21,30-32,34-36,40-42H,13,17-19,22-29H2,1-12H3,(H,47,55)(H,48,59)(H,50,60)(H,57,58)/t31-,32+,34-,35-,36+,40-,41-,42+/m0/s1. The van der Waals surface area contributed by atoms with Gasteiger partial charge in [-0.1, -0.05) is 71.4 Å². The van der Waals surface area contributed by atoms with E-state index in [0.717, 1.165) is 0 Å². The van der Waals surface area contributed by atoms with E-state index in [0.29, 0.717) is 37.3 Å². The molecule has 1 fully saturated rings. The number of aliphatic carboxylic acids is 1. The van der Waals surface area contributed by atoms with Gasteiger partial charge in [0.1, 0.15) is 12.1 Å². The highest BCUT2D eigenvalue weighted by Gasteiger charge is 2.43. The molecule has 2 rings (SSSR count). The van der Waals surface area contributed by atoms with Crippen molar-refractivity contribution in [3.8, 4) is 0 Å². The van der Waals surface area contributed by atoms with Crippen molar-refractivity contribution in [2.24, 2.45) is 22.7 Å². The number of sulfonamides is 1. The second-order valence-electron chi connectivity index (χ2n) is 18.0. The molecule has 5 amide bonds. The van der Waals surface area contributed by atoms with Gasteiger partial charge in [0, 0.05) is 81.8 Å². The second-order valence-corrected chi connectivity index (χ2v) is 19.8. The number of benzene rings is 1. The van der Waals surface area contributed by atoms with Crippen molar-refractivity contribution in [2.75, 3.05) is 68.3 Å². The summed E-state index contributed by atoms with van der Waals surface area (Å²) in [5, 5.41) is 14.1. The Labute approximate surface area is 392 Å². The molecule has 1 aromatic rings. The lowest BCUT2D eigenvalue weighted by Gasteiger charge is -2.40. The maximum absolute atomic E-state index is 14.4. The third kappa shape index (κ3) is 17.8. The van der Waals surface area contributed by atoms with Gasteiger partial charge in [-0.2, -0.15) is 0 Å². The number of carboxylic acid groups (broad SMARTS) is 1. The monoisotopic (exact) mass is 951 g/mol. The van der Waals surface area contributed by atoms with E-state index in [1.165, 1.54) is 14.2 Å². The fraction of sp³-hybridized carbons (Fsp3) is 0.717. The third-order valence-corrected chi connectivity index (χ3v) is 13.4. The molecule has 8 atom stereocenters. The Balaban J connectivity index is 2.28. The van der Waals surface area contributed by atoms with Gasteiger partial charge >= 0.3 is 5.97 Å². The predicted molar refractivity (Wildman–Crippen MR) is 253 cm³/mol. The van der Waals surface area contributed by atoms with Crippen molar-refractivity contribution in [2.45, 2.75) is 129 Å². The summed E-state index contributed by atoms with van der Waals surface area (Å²) in [4.78, 5) is 91.1. The van der Waals surface area contributed by atoms with Crippen molar-refractivity contribution in [3.63, 3.8) is 0 Å². The summed E-state index contributed by atoms with van der Waals surface area (Å²) >= 11 is 0. The number of aliphatic imine (C=N–C) groups is 1. The minimum atomic E-state index is -4.20. The number of carbonyl (C=O) groups excluding carboxylic acids is 5. The molecule has 20 heteroatoms. The molecular formula is C46H78N8O11S. The van der Waals surface area contributed by atoms with Crippen LogP contribution in [0.5, 0.6) is 0 Å². The molecule has 0 unspecified atom stereocenters. The number of carbonyl (C=O) groups is 6. The van der Waals surface area contributed by atoms with Gasteiger partial charge in [-0.3, -0.25) is 33.5 Å². The van der Waals surface area contributed by atoms with Crippen molar-refractivity contribution in [1.29, 1.82) is 0 Å². The molecule has 0 aromatic heterocycles. The van der Waals surface area contributed by atoms with Crippen molar-refractivity contribution >= 4 is 51.5 Å². The number of methoxy groups -OCH3 is 2. The summed E-state index contributed by atoms with van der Waals surface area (Å²) in [5.74, 6) is -4.29. The van der Waals surface area contributed by atoms with Crippen LogP contribution < -0.4 is 15.4 Å². The van der Waals surface area contributed by atoms with Crippen LogP contribution in [0.25, 0.3) is 0 Å². The Morgan fingerprint density at radius 2 is 1.55 bits per heavy atom. The van der Waals surface area contributed by atoms with E-state index in [-0.39, 0.29) is 68.7 Å². The zero-order valence-electron chi connectivity index (χ0n) is 41.2. The molecule has 1 heterocycles. The fourth-order valence-corrected chi connectivity index (χ4v) is 9.45. The fourth-order valence-electron chi connectivity index (χ4n) is 8.38. The Hall–Kier alpha value is -4.82. The third-order valence-electron chi connectivity index (χ3n) is 12.1. The number of nitrogens with one attached hydrogen (secondary N) is 3. The van der Waals surface area contributed by atoms with Crippen LogP contribution in [0.3, 0.4) is 0 Å². The van der Waals surface area contributed by atoms with Crippen molar-refractivity contribution < 1.29 is 51.8 Å². The van der Waals surface area contributed by atoms with Gasteiger partial charge in [0.15, 0.2) is 5.96 Å². The van der Waals surface area contributed by atoms with Gasteiger partial charge in [0.25, 0.3) is 5.91 Å². The Morgan fingerprint density at radius 3 is 2.09 bits per heavy atom. The average Bonchev–Trinajstić information content (AvgIpc) is 3.74. The van der Waals surface area contributed by atoms with E-state index in [1.54, 1.807) is 54.1 Å². The van der Waals surface area contributed by atoms with E-state index in [4.69, 9.17) is 19.6 Å². The van der Waals surface area contributed by atoms with E-state index in [2.05, 4.69) is 15.4 Å². The van der Waals surface area contributed by atoms with Crippen LogP contribution in [0.1, 0.15) is 91.5 Å². The molecule has 0 radical (unpaired) electrons. The maximum Gasteiger partial charge on any atom is 0.303 e. The SMILES string of the molecule is CC[C@H](C)[C@@H]([C@@H](CC(=O)N1CCC[C@H]1[C@H](OC)[C@@H](C)C(=O)N[C@@H](Cc1ccccc1)C(=O)NS(=O)(=O)CCCNC(=O)CCCC(=O)O)OC)N(C)C(=O)[C@@H](N=C(N(C)C)N(C)C)C(C)C. The molecule has 374 valence electrons. The lowest BCUT2D eigenvalue weighted by molar-refractivity contribution is -0.146. The molecule has 4 N–H and O–H groups in total. The molecule has 66 heavy (non-hydrogen) atoms. The maximum atomic E-state index is 14.4. The summed E-state index contributed by atoms with van der Waals surface area (Å²) in [7, 11) is 8.03. The van der Waals surface area contributed by atoms with Crippen molar-refractivity contribution in [1.82, 2.24) is 35.0 Å². The van der Waals surface area contributed by atoms with Crippen LogP contribution in [-0.2, 0) is 54.7 Å². The van der Waals surface area contributed by atoms with Crippen LogP contribution in [0, 0.1) is 17.8 Å². The average molecular weight is 951 g/mol. The topological polar surface area (TPSA) is 237 Å². The van der Waals surface area contributed by atoms with Gasteiger partial charge < -0.3 is 44.8 Å². The summed E-state index contributed by atoms with van der Waals surface area (Å²) in [6.45, 7) is 10.00. The number of carboxylic acids is 1. The normalized spacial score (nSPS) is 17.0. The van der Waals surface area contributed by atoms with Crippen LogP contribution in [0.2, 0.25) is 0 Å². The molecule has 0 spiro atoms. The first kappa shape index (κ1) is 57.3. The first-order valence-electron chi connectivity index (χ1n) is 22.9. The predicted octanol–water partition coefficient (Wildman–Crippen LogP) is 2.35. The number of likely N-dealkylation sites (tertiary alicyclic amines) is 1. The zero-order chi connectivity index (χ0) is 49.9. The highest BCUT2D eigenvalue weighted by atomic mass is 32.2. The van der Waals surface area contributed by atoms with Gasteiger partial charge in [-0.05, 0) is 43.1 Å². The molecule has 1 saturated heterocycles. The van der Waals surface area contributed by atoms with E-state index >= 15 is 0 Å². The minimum Gasteiger partial charge on any atom is -0.481 e. The van der Waals surface area contributed by atoms with Crippen LogP contribution in [0.4, 0.5) is 0 Å². The highest BCUT2D eigenvalue weighted by Crippen LogP contribution is 2.30. The zero-order valence-corrected chi connectivity index (χ0v) is 42.1. The first-order chi connectivity index (χ1) is 31.0. The van der Waals surface area contributed by atoms with E-state index in [9.17, 15) is 37.2 Å². The molecule has 19 nitrogen and oxygen atoms in total. The molecular weight excluding hydrogens is 873 g/mol. The number of hydrogen-bond acceptors (Lipinski definition) is 11. The number of likely N-dealkylation sites (N-methyl/N-ethyl adjacent to an activating group) is 1. The van der Waals surface area contributed by atoms with Crippen LogP contribution in [0.15, 0.2) is 35.3 Å². The highest BCUT2D eigenvalue weighted by molar-refractivity contribution is 7.90. The summed E-state index contributed by atoms with van der Waals surface area (Å²) < 4.78 is 40.1. The van der Waals surface area contributed by atoms with Gasteiger partial charge in [-0.15, -0.1) is 0 Å². The largest absolute Gasteiger partial charge is 0.481 e. The smallest absolute Gasteiger partial charge is 0.303 e. The van der Waals surface area contributed by atoms with Crippen molar-refractivity contribution in [3.05, 3.63) is 35.9 Å². The summed E-state index contributed by atoms with van der Waals surface area (Å²) in [5.41, 5.74) is 0.666. The van der Waals surface area contributed by atoms with Gasteiger partial charge in [0.05, 0.1) is 42.4 Å². The lowest BCUT2D eigenvalue weighted by atomic mass is 9.89. The molecule has 1 aliphatic rings. The molecule has 0 bridgehead atoms. The number of rotatable bonds is 27. The first-order valence-corrected chi connectivity index (χ1v) is 24.6. The summed E-state index contributed by atoms with van der Waals surface area (Å²) in [6, 6.07) is 5.82. The minimum absolute atomic E-state index is 0.00732. The number of nitrogens with zero attached hydrogens (tertiary/aromatic N) is 5. The lowest BCUT2D eigenvalue weighted by Crippen LogP contribution is -2.56. The van der Waals surface area contributed by atoms with E-state index in [1.807, 2.05) is 65.7 Å². The Bertz CT molecular complexity index is 1870. The summed E-state index contributed by atoms with van der Waals surface area (Å²) in [6.07, 6.45) is 0.294. The van der Waals surface area contributed by atoms with Crippen LogP contribution >= 0.6 is 0 Å². The van der Waals surface area contributed by atoms with Gasteiger partial charge in [-0.25, -0.2) is 13.4 Å². The molecule has 0 aliphatic carbocycles. The number of guanidine groups is 1. The molecule has 1 aromatic carbocycles. The molecule has 0 saturated carbocycles. The van der Waals surface area contributed by atoms with E-state index < -0.39 is 81.8 Å². The molecule has 1 aliphatic heterocycles. The number of ether oxygens (including phenoxy) is 2. The second kappa shape index (κ2) is 27.7. The van der Waals surface area contributed by atoms with Crippen LogP contribution in [-0.4, -0.2) is 179 Å². The Kier molecular flexibility index (Phi) is 24.1.